The van der Waals surface area contributed by atoms with Crippen LogP contribution in [0, 0.1) is 0 Å². The lowest BCUT2D eigenvalue weighted by molar-refractivity contribution is -0.118. The zero-order chi connectivity index (χ0) is 14.8. The molecule has 20 heavy (non-hydrogen) atoms. The van der Waals surface area contributed by atoms with Crippen molar-refractivity contribution >= 4 is 17.5 Å². The van der Waals surface area contributed by atoms with Crippen LogP contribution >= 0.6 is 0 Å². The number of carbonyl (C=O) groups is 2. The molecule has 1 aliphatic rings. The second kappa shape index (κ2) is 5.48. The molecule has 0 spiro atoms. The fraction of sp³-hybridized carbons (Fsp3) is 0.385. The Balaban J connectivity index is 2.06. The van der Waals surface area contributed by atoms with E-state index in [9.17, 15) is 14.7 Å². The number of aliphatic hydroxyl groups is 2. The summed E-state index contributed by atoms with van der Waals surface area (Å²) in [6.07, 6.45) is 0. The average molecular weight is 280 g/mol. The maximum atomic E-state index is 11.9. The zero-order valence-electron chi connectivity index (χ0n) is 11.0. The highest BCUT2D eigenvalue weighted by Crippen LogP contribution is 2.28. The molecule has 7 heteroatoms. The molecule has 4 N–H and O–H groups in total. The van der Waals surface area contributed by atoms with E-state index in [1.165, 1.54) is 19.1 Å². The Morgan fingerprint density at radius 3 is 3.00 bits per heavy atom. The van der Waals surface area contributed by atoms with Crippen LogP contribution in [0.25, 0.3) is 0 Å². The first-order valence-electron chi connectivity index (χ1n) is 6.09. The predicted octanol–water partition coefficient (Wildman–Crippen LogP) is -0.509. The summed E-state index contributed by atoms with van der Waals surface area (Å²) in [5.74, 6) is -0.220. The van der Waals surface area contributed by atoms with Crippen LogP contribution < -0.4 is 15.4 Å². The first-order chi connectivity index (χ1) is 9.41. The number of rotatable bonds is 4. The van der Waals surface area contributed by atoms with E-state index in [4.69, 9.17) is 9.84 Å². The van der Waals surface area contributed by atoms with Gasteiger partial charge >= 0.3 is 0 Å². The summed E-state index contributed by atoms with van der Waals surface area (Å²) in [6.45, 7) is 0.805. The van der Waals surface area contributed by atoms with Crippen LogP contribution in [0.2, 0.25) is 0 Å². The van der Waals surface area contributed by atoms with E-state index < -0.39 is 18.1 Å². The smallest absolute Gasteiger partial charge is 0.262 e. The fourth-order valence-electron chi connectivity index (χ4n) is 1.64. The summed E-state index contributed by atoms with van der Waals surface area (Å²) in [6, 6.07) is 4.63. The van der Waals surface area contributed by atoms with Gasteiger partial charge in [0.15, 0.2) is 6.61 Å². The molecule has 0 aromatic heterocycles. The van der Waals surface area contributed by atoms with Gasteiger partial charge in [-0.15, -0.1) is 0 Å². The monoisotopic (exact) mass is 280 g/mol. The second-order valence-corrected chi connectivity index (χ2v) is 4.89. The molecule has 108 valence electrons. The predicted molar refractivity (Wildman–Crippen MR) is 70.6 cm³/mol. The third-order valence-corrected chi connectivity index (χ3v) is 2.85. The van der Waals surface area contributed by atoms with Crippen LogP contribution in [0.15, 0.2) is 18.2 Å². The first-order valence-corrected chi connectivity index (χ1v) is 6.09. The number of amides is 2. The molecule has 0 saturated heterocycles. The number of fused-ring (bicyclic) bond motifs is 1. The van der Waals surface area contributed by atoms with E-state index in [2.05, 4.69) is 10.6 Å². The van der Waals surface area contributed by atoms with Gasteiger partial charge in [-0.2, -0.15) is 0 Å². The third kappa shape index (κ3) is 3.25. The summed E-state index contributed by atoms with van der Waals surface area (Å²) in [7, 11) is 0. The van der Waals surface area contributed by atoms with Gasteiger partial charge in [-0.05, 0) is 25.1 Å². The van der Waals surface area contributed by atoms with Crippen LogP contribution in [0.5, 0.6) is 5.75 Å². The Kier molecular flexibility index (Phi) is 3.91. The number of ether oxygens (including phenoxy) is 1. The molecule has 2 rings (SSSR count). The molecule has 1 atom stereocenters. The summed E-state index contributed by atoms with van der Waals surface area (Å²) in [5, 5.41) is 23.6. The highest BCUT2D eigenvalue weighted by atomic mass is 16.5. The number of hydrogen-bond acceptors (Lipinski definition) is 5. The molecule has 2 amide bonds. The summed E-state index contributed by atoms with van der Waals surface area (Å²) < 4.78 is 5.21. The first kappa shape index (κ1) is 14.3. The Morgan fingerprint density at radius 1 is 1.55 bits per heavy atom. The van der Waals surface area contributed by atoms with Crippen molar-refractivity contribution in [2.75, 3.05) is 25.1 Å². The molecule has 1 aromatic rings. The maximum Gasteiger partial charge on any atom is 0.262 e. The molecule has 7 nitrogen and oxygen atoms in total. The lowest BCUT2D eigenvalue weighted by atomic mass is 10.1. The Labute approximate surface area is 115 Å². The standard InChI is InChI=1S/C13H16N2O5/c1-13(19,7-16)6-14-12(18)8-2-3-9-10(4-8)20-5-11(17)15-9/h2-4,16,19H,5-7H2,1H3,(H,14,18)(H,15,17). The van der Waals surface area contributed by atoms with Crippen LogP contribution in [0.3, 0.4) is 0 Å². The van der Waals surface area contributed by atoms with Gasteiger partial charge in [-0.25, -0.2) is 0 Å². The minimum absolute atomic E-state index is 0.0724. The quantitative estimate of drug-likeness (QED) is 0.594. The highest BCUT2D eigenvalue weighted by Gasteiger charge is 2.21. The average Bonchev–Trinajstić information content (AvgIpc) is 2.44. The maximum absolute atomic E-state index is 11.9. The lowest BCUT2D eigenvalue weighted by Crippen LogP contribution is -2.43. The number of hydrogen-bond donors (Lipinski definition) is 4. The van der Waals surface area contributed by atoms with Crippen LogP contribution in [0.1, 0.15) is 17.3 Å². The Bertz CT molecular complexity index is 542. The van der Waals surface area contributed by atoms with Crippen molar-refractivity contribution in [3.05, 3.63) is 23.8 Å². The van der Waals surface area contributed by atoms with Crippen molar-refractivity contribution in [2.24, 2.45) is 0 Å². The van der Waals surface area contributed by atoms with E-state index in [0.717, 1.165) is 0 Å². The third-order valence-electron chi connectivity index (χ3n) is 2.85. The largest absolute Gasteiger partial charge is 0.482 e. The van der Waals surface area contributed by atoms with E-state index in [-0.39, 0.29) is 19.1 Å². The molecule has 0 radical (unpaired) electrons. The minimum Gasteiger partial charge on any atom is -0.482 e. The van der Waals surface area contributed by atoms with Gasteiger partial charge in [-0.1, -0.05) is 0 Å². The van der Waals surface area contributed by atoms with Crippen molar-refractivity contribution < 1.29 is 24.5 Å². The van der Waals surface area contributed by atoms with Crippen LogP contribution in [0.4, 0.5) is 5.69 Å². The van der Waals surface area contributed by atoms with E-state index in [1.807, 2.05) is 0 Å². The van der Waals surface area contributed by atoms with Gasteiger partial charge in [0.05, 0.1) is 12.3 Å². The van der Waals surface area contributed by atoms with Crippen LogP contribution in [-0.4, -0.2) is 47.4 Å². The number of aliphatic hydroxyl groups excluding tert-OH is 1. The van der Waals surface area contributed by atoms with E-state index in [1.54, 1.807) is 6.07 Å². The van der Waals surface area contributed by atoms with Crippen molar-refractivity contribution in [3.63, 3.8) is 0 Å². The molecule has 0 saturated carbocycles. The zero-order valence-corrected chi connectivity index (χ0v) is 11.0. The van der Waals surface area contributed by atoms with Gasteiger partial charge in [0.2, 0.25) is 0 Å². The van der Waals surface area contributed by atoms with Gasteiger partial charge in [-0.3, -0.25) is 9.59 Å². The highest BCUT2D eigenvalue weighted by molar-refractivity contribution is 5.98. The Morgan fingerprint density at radius 2 is 2.30 bits per heavy atom. The normalized spacial score (nSPS) is 16.4. The second-order valence-electron chi connectivity index (χ2n) is 4.89. The topological polar surface area (TPSA) is 108 Å². The molecule has 1 aliphatic heterocycles. The van der Waals surface area contributed by atoms with Crippen molar-refractivity contribution in [1.29, 1.82) is 0 Å². The number of carbonyl (C=O) groups excluding carboxylic acids is 2. The van der Waals surface area contributed by atoms with E-state index >= 15 is 0 Å². The number of benzene rings is 1. The fourth-order valence-corrected chi connectivity index (χ4v) is 1.64. The van der Waals surface area contributed by atoms with Crippen molar-refractivity contribution in [3.8, 4) is 5.75 Å². The molecule has 0 bridgehead atoms. The number of nitrogens with one attached hydrogen (secondary N) is 2. The molecule has 1 aromatic carbocycles. The summed E-state index contributed by atoms with van der Waals surface area (Å²) in [5.41, 5.74) is -0.511. The van der Waals surface area contributed by atoms with E-state index in [0.29, 0.717) is 17.0 Å². The van der Waals surface area contributed by atoms with Crippen molar-refractivity contribution in [1.82, 2.24) is 5.32 Å². The molecule has 1 unspecified atom stereocenters. The van der Waals surface area contributed by atoms with Gasteiger partial charge in [0.1, 0.15) is 11.4 Å². The Hall–Kier alpha value is -2.12. The van der Waals surface area contributed by atoms with Crippen LogP contribution in [-0.2, 0) is 4.79 Å². The molecule has 0 aliphatic carbocycles. The molecular weight excluding hydrogens is 264 g/mol. The van der Waals surface area contributed by atoms with Gasteiger partial charge in [0, 0.05) is 12.1 Å². The molecular formula is C13H16N2O5. The molecule has 1 heterocycles. The summed E-state index contributed by atoms with van der Waals surface area (Å²) >= 11 is 0. The molecule has 0 fully saturated rings. The lowest BCUT2D eigenvalue weighted by Gasteiger charge is -2.21. The minimum atomic E-state index is -1.37. The SMILES string of the molecule is CC(O)(CO)CNC(=O)c1ccc2c(c1)OCC(=O)N2. The van der Waals surface area contributed by atoms with Gasteiger partial charge < -0.3 is 25.6 Å². The van der Waals surface area contributed by atoms with Crippen molar-refractivity contribution in [2.45, 2.75) is 12.5 Å². The summed E-state index contributed by atoms with van der Waals surface area (Å²) in [4.78, 5) is 23.0. The number of anilines is 1. The van der Waals surface area contributed by atoms with Gasteiger partial charge in [0.25, 0.3) is 11.8 Å².